The molecule has 19 heavy (non-hydrogen) atoms. The van der Waals surface area contributed by atoms with E-state index in [2.05, 4.69) is 0 Å². The number of unbranched alkanes of at least 4 members (excludes halogenated alkanes) is 2. The highest BCUT2D eigenvalue weighted by molar-refractivity contribution is 6.00. The van der Waals surface area contributed by atoms with E-state index in [9.17, 15) is 19.8 Å². The first-order valence-electron chi connectivity index (χ1n) is 6.65. The molecule has 0 aromatic rings. The van der Waals surface area contributed by atoms with Crippen LogP contribution in [0.3, 0.4) is 0 Å². The van der Waals surface area contributed by atoms with Crippen LogP contribution in [0.25, 0.3) is 0 Å². The molecule has 0 aliphatic carbocycles. The minimum atomic E-state index is -2.01. The van der Waals surface area contributed by atoms with Crippen LogP contribution in [0.5, 0.6) is 0 Å². The van der Waals surface area contributed by atoms with Crippen molar-refractivity contribution in [3.63, 3.8) is 0 Å². The Morgan fingerprint density at radius 3 is 1.53 bits per heavy atom. The molecule has 0 aromatic carbocycles. The zero-order chi connectivity index (χ0) is 14.7. The molecular weight excluding hydrogens is 252 g/mol. The second-order valence-corrected chi connectivity index (χ2v) is 4.38. The Kier molecular flexibility index (Phi) is 9.16. The minimum Gasteiger partial charge on any atom is -0.465 e. The topological polar surface area (TPSA) is 93.1 Å². The molecule has 0 fully saturated rings. The summed E-state index contributed by atoms with van der Waals surface area (Å²) in [7, 11) is 0. The van der Waals surface area contributed by atoms with Gasteiger partial charge in [0.1, 0.15) is 0 Å². The van der Waals surface area contributed by atoms with Crippen LogP contribution in [0, 0.1) is 5.41 Å². The third-order valence-corrected chi connectivity index (χ3v) is 2.78. The van der Waals surface area contributed by atoms with Gasteiger partial charge >= 0.3 is 11.9 Å². The molecule has 0 radical (unpaired) electrons. The fourth-order valence-corrected chi connectivity index (χ4v) is 1.29. The van der Waals surface area contributed by atoms with Crippen molar-refractivity contribution in [3.8, 4) is 0 Å². The molecule has 0 saturated heterocycles. The summed E-state index contributed by atoms with van der Waals surface area (Å²) in [5, 5.41) is 18.5. The highest BCUT2D eigenvalue weighted by Gasteiger charge is 2.48. The Hall–Kier alpha value is -1.14. The standard InChI is InChI=1S/C13H24O6/c1-3-5-7-18-11(16)13(9-14,10-15)12(17)19-8-6-4-2/h14-15H,3-10H2,1-2H3. The Balaban J connectivity index is 4.62. The van der Waals surface area contributed by atoms with Crippen molar-refractivity contribution in [2.75, 3.05) is 26.4 Å². The first kappa shape index (κ1) is 17.9. The van der Waals surface area contributed by atoms with Gasteiger partial charge in [0, 0.05) is 0 Å². The SMILES string of the molecule is CCCCOC(=O)C(CO)(CO)C(=O)OCCCC. The molecule has 0 spiro atoms. The van der Waals surface area contributed by atoms with Crippen molar-refractivity contribution >= 4 is 11.9 Å². The smallest absolute Gasteiger partial charge is 0.328 e. The summed E-state index contributed by atoms with van der Waals surface area (Å²) >= 11 is 0. The molecule has 0 unspecified atom stereocenters. The minimum absolute atomic E-state index is 0.152. The van der Waals surface area contributed by atoms with E-state index < -0.39 is 30.6 Å². The molecule has 0 amide bonds. The first-order valence-corrected chi connectivity index (χ1v) is 6.65. The van der Waals surface area contributed by atoms with Gasteiger partial charge in [0.2, 0.25) is 5.41 Å². The predicted molar refractivity (Wildman–Crippen MR) is 68.3 cm³/mol. The van der Waals surface area contributed by atoms with Gasteiger partial charge in [-0.05, 0) is 12.8 Å². The maximum atomic E-state index is 11.8. The zero-order valence-electron chi connectivity index (χ0n) is 11.7. The average molecular weight is 276 g/mol. The number of carbonyl (C=O) groups excluding carboxylic acids is 2. The highest BCUT2D eigenvalue weighted by atomic mass is 16.6. The normalized spacial score (nSPS) is 11.2. The predicted octanol–water partition coefficient (Wildman–Crippen LogP) is 0.644. The Labute approximate surface area is 113 Å². The van der Waals surface area contributed by atoms with Crippen molar-refractivity contribution in [1.82, 2.24) is 0 Å². The van der Waals surface area contributed by atoms with Gasteiger partial charge in [-0.3, -0.25) is 9.59 Å². The third kappa shape index (κ3) is 5.16. The second kappa shape index (κ2) is 9.75. The van der Waals surface area contributed by atoms with E-state index in [0.717, 1.165) is 12.8 Å². The van der Waals surface area contributed by atoms with Crippen LogP contribution in [0.4, 0.5) is 0 Å². The van der Waals surface area contributed by atoms with E-state index in [1.807, 2.05) is 13.8 Å². The number of aliphatic hydroxyl groups excluding tert-OH is 2. The average Bonchev–Trinajstić information content (AvgIpc) is 2.41. The first-order chi connectivity index (χ1) is 9.08. The molecule has 0 rings (SSSR count). The highest BCUT2D eigenvalue weighted by Crippen LogP contribution is 2.21. The second-order valence-electron chi connectivity index (χ2n) is 4.38. The lowest BCUT2D eigenvalue weighted by atomic mass is 9.90. The number of ether oxygens (including phenoxy) is 2. The van der Waals surface area contributed by atoms with Crippen molar-refractivity contribution in [2.24, 2.45) is 5.41 Å². The lowest BCUT2D eigenvalue weighted by molar-refractivity contribution is -0.179. The molecule has 2 N–H and O–H groups in total. The van der Waals surface area contributed by atoms with E-state index in [1.54, 1.807) is 0 Å². The monoisotopic (exact) mass is 276 g/mol. The van der Waals surface area contributed by atoms with Crippen LogP contribution in [0.15, 0.2) is 0 Å². The van der Waals surface area contributed by atoms with Crippen LogP contribution >= 0.6 is 0 Å². The Morgan fingerprint density at radius 2 is 1.26 bits per heavy atom. The Morgan fingerprint density at radius 1 is 0.895 bits per heavy atom. The van der Waals surface area contributed by atoms with Gasteiger partial charge in [-0.2, -0.15) is 0 Å². The van der Waals surface area contributed by atoms with Gasteiger partial charge in [-0.15, -0.1) is 0 Å². The van der Waals surface area contributed by atoms with Crippen molar-refractivity contribution in [2.45, 2.75) is 39.5 Å². The van der Waals surface area contributed by atoms with Crippen molar-refractivity contribution in [3.05, 3.63) is 0 Å². The van der Waals surface area contributed by atoms with Crippen molar-refractivity contribution in [1.29, 1.82) is 0 Å². The van der Waals surface area contributed by atoms with E-state index in [-0.39, 0.29) is 13.2 Å². The molecule has 112 valence electrons. The summed E-state index contributed by atoms with van der Waals surface area (Å²) in [5.74, 6) is -1.88. The van der Waals surface area contributed by atoms with Gasteiger partial charge in [-0.25, -0.2) is 0 Å². The Bertz CT molecular complexity index is 248. The van der Waals surface area contributed by atoms with Crippen LogP contribution in [0.2, 0.25) is 0 Å². The maximum absolute atomic E-state index is 11.8. The van der Waals surface area contributed by atoms with Crippen LogP contribution < -0.4 is 0 Å². The lowest BCUT2D eigenvalue weighted by Crippen LogP contribution is -2.48. The van der Waals surface area contributed by atoms with Gasteiger partial charge < -0.3 is 19.7 Å². The molecular formula is C13H24O6. The molecule has 0 aliphatic rings. The molecule has 0 bridgehead atoms. The summed E-state index contributed by atoms with van der Waals surface area (Å²) < 4.78 is 9.79. The number of aliphatic hydroxyl groups is 2. The molecule has 6 nitrogen and oxygen atoms in total. The summed E-state index contributed by atoms with van der Waals surface area (Å²) in [6, 6.07) is 0. The molecule has 0 aromatic heterocycles. The maximum Gasteiger partial charge on any atom is 0.328 e. The van der Waals surface area contributed by atoms with E-state index in [1.165, 1.54) is 0 Å². The molecule has 6 heteroatoms. The summed E-state index contributed by atoms with van der Waals surface area (Å²) in [4.78, 5) is 23.7. The molecule has 0 atom stereocenters. The summed E-state index contributed by atoms with van der Waals surface area (Å²) in [6.45, 7) is 2.49. The van der Waals surface area contributed by atoms with Crippen LogP contribution in [0.1, 0.15) is 39.5 Å². The summed E-state index contributed by atoms with van der Waals surface area (Å²) in [5.41, 5.74) is -2.01. The van der Waals surface area contributed by atoms with Crippen molar-refractivity contribution < 1.29 is 29.3 Å². The van der Waals surface area contributed by atoms with Crippen LogP contribution in [-0.2, 0) is 19.1 Å². The number of carbonyl (C=O) groups is 2. The van der Waals surface area contributed by atoms with Gasteiger partial charge in [0.25, 0.3) is 0 Å². The molecule has 0 heterocycles. The fraction of sp³-hybridized carbons (Fsp3) is 0.846. The third-order valence-electron chi connectivity index (χ3n) is 2.78. The lowest BCUT2D eigenvalue weighted by Gasteiger charge is -2.25. The number of hydrogen-bond acceptors (Lipinski definition) is 6. The molecule has 0 saturated carbocycles. The van der Waals surface area contributed by atoms with E-state index in [0.29, 0.717) is 12.8 Å². The summed E-state index contributed by atoms with van der Waals surface area (Å²) in [6.07, 6.45) is 2.98. The van der Waals surface area contributed by atoms with E-state index in [4.69, 9.17) is 9.47 Å². The number of hydrogen-bond donors (Lipinski definition) is 2. The van der Waals surface area contributed by atoms with Crippen LogP contribution in [-0.4, -0.2) is 48.6 Å². The zero-order valence-corrected chi connectivity index (χ0v) is 11.7. The quantitative estimate of drug-likeness (QED) is 0.345. The van der Waals surface area contributed by atoms with Gasteiger partial charge in [0.05, 0.1) is 26.4 Å². The van der Waals surface area contributed by atoms with Gasteiger partial charge in [-0.1, -0.05) is 26.7 Å². The van der Waals surface area contributed by atoms with Gasteiger partial charge in [0.15, 0.2) is 0 Å². The fourth-order valence-electron chi connectivity index (χ4n) is 1.29. The van der Waals surface area contributed by atoms with E-state index >= 15 is 0 Å². The molecule has 0 aliphatic heterocycles. The number of esters is 2. The largest absolute Gasteiger partial charge is 0.465 e. The number of rotatable bonds is 10.